The second-order valence-electron chi connectivity index (χ2n) is 11.1. The van der Waals surface area contributed by atoms with Gasteiger partial charge < -0.3 is 19.9 Å². The van der Waals surface area contributed by atoms with E-state index in [0.717, 1.165) is 25.2 Å². The van der Waals surface area contributed by atoms with Gasteiger partial charge in [-0.3, -0.25) is 14.4 Å². The molecule has 3 aromatic heterocycles. The summed E-state index contributed by atoms with van der Waals surface area (Å²) in [4.78, 5) is 22.4. The minimum Gasteiger partial charge on any atom is -0.456 e. The molecular formula is C28H34ClFN8O2. The quantitative estimate of drug-likeness (QED) is 0.276. The van der Waals surface area contributed by atoms with Crippen LogP contribution in [-0.2, 0) is 17.3 Å². The number of amides is 1. The molecule has 0 spiro atoms. The number of carbonyl (C=O) groups excluding carboxylic acids is 1. The summed E-state index contributed by atoms with van der Waals surface area (Å²) in [7, 11) is 1.88. The molecule has 40 heavy (non-hydrogen) atoms. The molecule has 1 fully saturated rings. The van der Waals surface area contributed by atoms with E-state index in [4.69, 9.17) is 26.4 Å². The van der Waals surface area contributed by atoms with Crippen molar-refractivity contribution in [2.45, 2.75) is 45.6 Å². The number of fused-ring (bicyclic) bond motifs is 1. The lowest BCUT2D eigenvalue weighted by atomic mass is 9.91. The summed E-state index contributed by atoms with van der Waals surface area (Å²) in [6.07, 6.45) is 2.48. The van der Waals surface area contributed by atoms with Crippen LogP contribution in [0.5, 0.6) is 11.5 Å². The van der Waals surface area contributed by atoms with E-state index in [1.807, 2.05) is 17.7 Å². The predicted molar refractivity (Wildman–Crippen MR) is 155 cm³/mol. The van der Waals surface area contributed by atoms with E-state index in [0.29, 0.717) is 51.7 Å². The minimum atomic E-state index is -0.340. The van der Waals surface area contributed by atoms with E-state index in [1.54, 1.807) is 24.4 Å². The molecule has 1 saturated heterocycles. The maximum absolute atomic E-state index is 12.9. The van der Waals surface area contributed by atoms with E-state index in [1.165, 1.54) is 6.92 Å². The lowest BCUT2D eigenvalue weighted by molar-refractivity contribution is -0.114. The summed E-state index contributed by atoms with van der Waals surface area (Å²) in [6, 6.07) is 9.16. The number of likely N-dealkylation sites (tertiary alicyclic amines) is 1. The van der Waals surface area contributed by atoms with E-state index < -0.39 is 0 Å². The molecule has 1 aliphatic heterocycles. The highest BCUT2D eigenvalue weighted by Gasteiger charge is 2.30. The summed E-state index contributed by atoms with van der Waals surface area (Å²) in [5, 5.41) is 11.3. The highest BCUT2D eigenvalue weighted by molar-refractivity contribution is 6.36. The monoisotopic (exact) mass is 568 g/mol. The van der Waals surface area contributed by atoms with Gasteiger partial charge in [-0.2, -0.15) is 5.10 Å². The van der Waals surface area contributed by atoms with E-state index in [2.05, 4.69) is 52.0 Å². The lowest BCUT2D eigenvalue weighted by Gasteiger charge is -2.23. The van der Waals surface area contributed by atoms with Crippen LogP contribution < -0.4 is 15.4 Å². The Balaban J connectivity index is 1.42. The van der Waals surface area contributed by atoms with Crippen molar-refractivity contribution in [3.8, 4) is 11.5 Å². The van der Waals surface area contributed by atoms with Gasteiger partial charge in [-0.15, -0.1) is 0 Å². The zero-order valence-electron chi connectivity index (χ0n) is 23.3. The number of aryl methyl sites for hydroxylation is 1. The van der Waals surface area contributed by atoms with Gasteiger partial charge in [0.1, 0.15) is 29.0 Å². The Hall–Kier alpha value is -3.70. The lowest BCUT2D eigenvalue weighted by Crippen LogP contribution is -2.26. The van der Waals surface area contributed by atoms with Crippen LogP contribution in [0.2, 0.25) is 5.02 Å². The van der Waals surface area contributed by atoms with Gasteiger partial charge in [-0.05, 0) is 24.6 Å². The van der Waals surface area contributed by atoms with Gasteiger partial charge in [0.25, 0.3) is 0 Å². The molecule has 1 aromatic carbocycles. The average Bonchev–Trinajstić information content (AvgIpc) is 3.59. The number of rotatable bonds is 8. The molecule has 0 bridgehead atoms. The van der Waals surface area contributed by atoms with Crippen LogP contribution in [0.15, 0.2) is 36.5 Å². The highest BCUT2D eigenvalue weighted by atomic mass is 35.5. The fourth-order valence-corrected chi connectivity index (χ4v) is 5.35. The van der Waals surface area contributed by atoms with Gasteiger partial charge in [0.05, 0.1) is 17.1 Å². The molecule has 12 heteroatoms. The summed E-state index contributed by atoms with van der Waals surface area (Å²) < 4.78 is 22.9. The number of nitrogens with zero attached hydrogens (tertiary/aromatic N) is 6. The molecule has 212 valence electrons. The molecule has 2 N–H and O–H groups in total. The number of hydrogen-bond donors (Lipinski definition) is 2. The summed E-state index contributed by atoms with van der Waals surface area (Å²) in [5.41, 5.74) is 2.37. The van der Waals surface area contributed by atoms with Crippen LogP contribution in [0.4, 0.5) is 22.0 Å². The van der Waals surface area contributed by atoms with Crippen LogP contribution in [0.1, 0.15) is 45.9 Å². The number of carbonyl (C=O) groups is 1. The molecule has 0 unspecified atom stereocenters. The number of halogens is 2. The molecule has 4 heterocycles. The van der Waals surface area contributed by atoms with Crippen LogP contribution in [0.25, 0.3) is 11.0 Å². The maximum atomic E-state index is 12.9. The molecule has 0 saturated carbocycles. The SMILES string of the molecule is CC(=O)Nc1cc(Oc2ccc3nc(Nc4cc(C(C)(C)C)n([C@H]5CCN(CCF)C5)n4)n(C)c3c2Cl)ccn1. The van der Waals surface area contributed by atoms with E-state index in [-0.39, 0.29) is 24.0 Å². The van der Waals surface area contributed by atoms with E-state index in [9.17, 15) is 9.18 Å². The van der Waals surface area contributed by atoms with Crippen LogP contribution in [0, 0.1) is 0 Å². The first-order valence-electron chi connectivity index (χ1n) is 13.3. The topological polar surface area (TPSA) is 102 Å². The predicted octanol–water partition coefficient (Wildman–Crippen LogP) is 5.83. The van der Waals surface area contributed by atoms with Gasteiger partial charge in [0.15, 0.2) is 5.82 Å². The van der Waals surface area contributed by atoms with Crippen molar-refractivity contribution in [1.29, 1.82) is 0 Å². The van der Waals surface area contributed by atoms with Crippen LogP contribution >= 0.6 is 11.6 Å². The molecule has 0 aliphatic carbocycles. The van der Waals surface area contributed by atoms with E-state index >= 15 is 0 Å². The number of ether oxygens (including phenoxy) is 1. The second-order valence-corrected chi connectivity index (χ2v) is 11.4. The summed E-state index contributed by atoms with van der Waals surface area (Å²) >= 11 is 6.80. The molecule has 4 aromatic rings. The normalized spacial score (nSPS) is 16.0. The second kappa shape index (κ2) is 11.1. The number of hydrogen-bond acceptors (Lipinski definition) is 7. The fraction of sp³-hybridized carbons (Fsp3) is 0.429. The zero-order chi connectivity index (χ0) is 28.6. The van der Waals surface area contributed by atoms with Crippen molar-refractivity contribution in [3.63, 3.8) is 0 Å². The number of anilines is 3. The zero-order valence-corrected chi connectivity index (χ0v) is 24.1. The Labute approximate surface area is 237 Å². The Morgan fingerprint density at radius 3 is 2.75 bits per heavy atom. The number of pyridine rings is 1. The Morgan fingerprint density at radius 1 is 1.23 bits per heavy atom. The number of benzene rings is 1. The third kappa shape index (κ3) is 5.75. The van der Waals surface area contributed by atoms with Crippen LogP contribution in [0.3, 0.4) is 0 Å². The number of imidazole rings is 1. The van der Waals surface area contributed by atoms with Crippen molar-refractivity contribution in [2.75, 3.05) is 36.9 Å². The number of alkyl halides is 1. The first-order valence-corrected chi connectivity index (χ1v) is 13.6. The van der Waals surface area contributed by atoms with Crippen molar-refractivity contribution >= 4 is 46.1 Å². The third-order valence-corrected chi connectivity index (χ3v) is 7.31. The third-order valence-electron chi connectivity index (χ3n) is 6.94. The highest BCUT2D eigenvalue weighted by Crippen LogP contribution is 2.38. The van der Waals surface area contributed by atoms with Gasteiger partial charge in [0.2, 0.25) is 11.9 Å². The first kappa shape index (κ1) is 27.9. The summed E-state index contributed by atoms with van der Waals surface area (Å²) in [5.74, 6) is 2.36. The van der Waals surface area contributed by atoms with Gasteiger partial charge in [-0.25, -0.2) is 14.4 Å². The Morgan fingerprint density at radius 2 is 2.02 bits per heavy atom. The smallest absolute Gasteiger partial charge is 0.222 e. The number of aromatic nitrogens is 5. The minimum absolute atomic E-state index is 0.130. The van der Waals surface area contributed by atoms with Gasteiger partial charge >= 0.3 is 0 Å². The molecule has 10 nitrogen and oxygen atoms in total. The van der Waals surface area contributed by atoms with Crippen molar-refractivity contribution < 1.29 is 13.9 Å². The average molecular weight is 569 g/mol. The molecule has 1 amide bonds. The molecule has 5 rings (SSSR count). The fourth-order valence-electron chi connectivity index (χ4n) is 5.02. The van der Waals surface area contributed by atoms with Crippen molar-refractivity contribution in [1.82, 2.24) is 29.2 Å². The maximum Gasteiger partial charge on any atom is 0.222 e. The van der Waals surface area contributed by atoms with Crippen molar-refractivity contribution in [3.05, 3.63) is 47.2 Å². The summed E-state index contributed by atoms with van der Waals surface area (Å²) in [6.45, 7) is 9.67. The van der Waals surface area contributed by atoms with Gasteiger partial charge in [0, 0.05) is 63.0 Å². The largest absolute Gasteiger partial charge is 0.456 e. The Bertz CT molecular complexity index is 1540. The van der Waals surface area contributed by atoms with Crippen molar-refractivity contribution in [2.24, 2.45) is 7.05 Å². The molecule has 0 radical (unpaired) electrons. The molecule has 1 atom stereocenters. The van der Waals surface area contributed by atoms with Crippen LogP contribution in [-0.4, -0.2) is 61.4 Å². The Kier molecular flexibility index (Phi) is 7.70. The van der Waals surface area contributed by atoms with Gasteiger partial charge in [-0.1, -0.05) is 32.4 Å². The molecular weight excluding hydrogens is 535 g/mol. The number of nitrogens with one attached hydrogen (secondary N) is 2. The standard InChI is InChI=1S/C28H34ClFN8O2/c1-17(39)32-23-14-19(8-11-31-23)40-21-7-6-20-26(25(21)29)36(5)27(33-20)34-24-15-22(28(2,3)4)38(35-24)18-9-12-37(16-18)13-10-30/h6-8,11,14-15,18H,9-10,12-13,16H2,1-5H3,(H,31,32,39)(H,33,34,35)/t18-/m0/s1. The molecule has 1 aliphatic rings. The first-order chi connectivity index (χ1) is 19.0.